The summed E-state index contributed by atoms with van der Waals surface area (Å²) in [6, 6.07) is 4.49. The van der Waals surface area contributed by atoms with Gasteiger partial charge in [-0.05, 0) is 24.6 Å². The molecule has 2 aromatic rings. The van der Waals surface area contributed by atoms with Crippen molar-refractivity contribution in [1.82, 2.24) is 9.97 Å². The minimum absolute atomic E-state index is 0.0316. The van der Waals surface area contributed by atoms with Crippen molar-refractivity contribution in [2.45, 2.75) is 6.92 Å². The third kappa shape index (κ3) is 2.66. The molecule has 1 aromatic carbocycles. The first kappa shape index (κ1) is 12.5. The highest BCUT2D eigenvalue weighted by Crippen LogP contribution is 2.29. The van der Waals surface area contributed by atoms with E-state index in [1.165, 1.54) is 12.3 Å². The molecule has 1 aromatic heterocycles. The maximum absolute atomic E-state index is 13.5. The van der Waals surface area contributed by atoms with Crippen LogP contribution in [0.25, 0.3) is 0 Å². The monoisotopic (exact) mass is 268 g/mol. The fourth-order valence-corrected chi connectivity index (χ4v) is 1.42. The predicted molar refractivity (Wildman–Crippen MR) is 66.1 cm³/mol. The Kier molecular flexibility index (Phi) is 3.59. The summed E-state index contributed by atoms with van der Waals surface area (Å²) in [5.41, 5.74) is 3.11. The third-order valence-electron chi connectivity index (χ3n) is 2.13. The fourth-order valence-electron chi connectivity index (χ4n) is 1.29. The van der Waals surface area contributed by atoms with Gasteiger partial charge in [0.15, 0.2) is 11.6 Å². The van der Waals surface area contributed by atoms with Crippen molar-refractivity contribution in [3.8, 4) is 11.6 Å². The molecule has 2 rings (SSSR count). The number of halogens is 2. The Labute approximate surface area is 108 Å². The lowest BCUT2D eigenvalue weighted by Crippen LogP contribution is -2.10. The first-order chi connectivity index (χ1) is 8.60. The van der Waals surface area contributed by atoms with Crippen molar-refractivity contribution in [1.29, 1.82) is 0 Å². The van der Waals surface area contributed by atoms with E-state index in [-0.39, 0.29) is 22.6 Å². The van der Waals surface area contributed by atoms with E-state index in [0.29, 0.717) is 0 Å². The van der Waals surface area contributed by atoms with Crippen molar-refractivity contribution in [2.24, 2.45) is 5.84 Å². The van der Waals surface area contributed by atoms with Crippen LogP contribution in [0.1, 0.15) is 5.56 Å². The number of aromatic nitrogens is 2. The van der Waals surface area contributed by atoms with Gasteiger partial charge in [0.05, 0.1) is 6.20 Å². The van der Waals surface area contributed by atoms with Crippen LogP contribution in [-0.4, -0.2) is 9.97 Å². The summed E-state index contributed by atoms with van der Waals surface area (Å²) in [6.07, 6.45) is 1.31. The lowest BCUT2D eigenvalue weighted by atomic mass is 10.2. The van der Waals surface area contributed by atoms with E-state index in [4.69, 9.17) is 22.2 Å². The van der Waals surface area contributed by atoms with Gasteiger partial charge >= 0.3 is 0 Å². The summed E-state index contributed by atoms with van der Waals surface area (Å²) in [5, 5.41) is 0.162. The quantitative estimate of drug-likeness (QED) is 0.661. The average Bonchev–Trinajstić information content (AvgIpc) is 2.36. The highest BCUT2D eigenvalue weighted by Gasteiger charge is 2.10. The van der Waals surface area contributed by atoms with Gasteiger partial charge in [-0.25, -0.2) is 15.2 Å². The summed E-state index contributed by atoms with van der Waals surface area (Å²) in [5.74, 6) is 4.87. The van der Waals surface area contributed by atoms with E-state index in [1.807, 2.05) is 6.92 Å². The van der Waals surface area contributed by atoms with E-state index in [0.717, 1.165) is 5.56 Å². The van der Waals surface area contributed by atoms with Gasteiger partial charge in [0.2, 0.25) is 11.8 Å². The molecule has 0 aliphatic heterocycles. The molecule has 0 amide bonds. The zero-order valence-corrected chi connectivity index (χ0v) is 10.2. The first-order valence-electron chi connectivity index (χ1n) is 5.03. The Hall–Kier alpha value is -1.92. The molecular weight excluding hydrogens is 259 g/mol. The van der Waals surface area contributed by atoms with E-state index in [9.17, 15) is 4.39 Å². The lowest BCUT2D eigenvalue weighted by molar-refractivity contribution is 0.427. The largest absolute Gasteiger partial charge is 0.434 e. The number of hydrogen-bond donors (Lipinski definition) is 2. The normalized spacial score (nSPS) is 10.2. The van der Waals surface area contributed by atoms with Gasteiger partial charge in [-0.3, -0.25) is 5.43 Å². The molecule has 1 heterocycles. The summed E-state index contributed by atoms with van der Waals surface area (Å²) in [4.78, 5) is 7.67. The number of nitrogens with zero attached hydrogens (tertiary/aromatic N) is 2. The molecular formula is C11H10ClFN4O. The summed E-state index contributed by atoms with van der Waals surface area (Å²) in [7, 11) is 0. The molecule has 0 bridgehead atoms. The molecule has 94 valence electrons. The first-order valence-corrected chi connectivity index (χ1v) is 5.41. The number of ether oxygens (including phenoxy) is 1. The molecule has 0 atom stereocenters. The Morgan fingerprint density at radius 1 is 1.44 bits per heavy atom. The summed E-state index contributed by atoms with van der Waals surface area (Å²) in [6.45, 7) is 1.82. The minimum Gasteiger partial charge on any atom is -0.434 e. The predicted octanol–water partition coefficient (Wildman–Crippen LogP) is 2.66. The number of benzene rings is 1. The molecule has 7 heteroatoms. The Balaban J connectivity index is 2.36. The summed E-state index contributed by atoms with van der Waals surface area (Å²) < 4.78 is 18.8. The number of nitrogen functional groups attached to an aromatic ring is 1. The van der Waals surface area contributed by atoms with Gasteiger partial charge in [0.1, 0.15) is 5.02 Å². The van der Waals surface area contributed by atoms with Crippen LogP contribution < -0.4 is 16.0 Å². The second kappa shape index (κ2) is 5.16. The Morgan fingerprint density at radius 2 is 2.22 bits per heavy atom. The number of hydrazine groups is 1. The van der Waals surface area contributed by atoms with Crippen molar-refractivity contribution >= 4 is 17.5 Å². The number of aryl methyl sites for hydroxylation is 1. The highest BCUT2D eigenvalue weighted by atomic mass is 35.5. The molecule has 0 fully saturated rings. The van der Waals surface area contributed by atoms with Crippen LogP contribution in [0.5, 0.6) is 11.6 Å². The van der Waals surface area contributed by atoms with E-state index < -0.39 is 5.82 Å². The average molecular weight is 269 g/mol. The Morgan fingerprint density at radius 3 is 2.94 bits per heavy atom. The highest BCUT2D eigenvalue weighted by molar-refractivity contribution is 6.31. The van der Waals surface area contributed by atoms with Crippen molar-refractivity contribution in [2.75, 3.05) is 5.43 Å². The van der Waals surface area contributed by atoms with Crippen LogP contribution in [0.15, 0.2) is 24.4 Å². The zero-order valence-electron chi connectivity index (χ0n) is 9.45. The minimum atomic E-state index is -0.502. The standard InChI is InChI=1S/C11H10ClFN4O/c1-6-2-3-8(13)9(4-6)18-10-7(12)5-15-11(16-10)17-14/h2-5H,14H2,1H3,(H,15,16,17). The third-order valence-corrected chi connectivity index (χ3v) is 2.39. The van der Waals surface area contributed by atoms with E-state index in [2.05, 4.69) is 15.4 Å². The van der Waals surface area contributed by atoms with E-state index in [1.54, 1.807) is 12.1 Å². The van der Waals surface area contributed by atoms with Gasteiger partial charge in [-0.2, -0.15) is 4.98 Å². The molecule has 3 N–H and O–H groups in total. The molecule has 18 heavy (non-hydrogen) atoms. The number of nitrogens with two attached hydrogens (primary N) is 1. The molecule has 0 unspecified atom stereocenters. The maximum atomic E-state index is 13.5. The van der Waals surface area contributed by atoms with Gasteiger partial charge in [0, 0.05) is 0 Å². The van der Waals surface area contributed by atoms with Crippen LogP contribution in [-0.2, 0) is 0 Å². The number of nitrogens with one attached hydrogen (secondary N) is 1. The van der Waals surface area contributed by atoms with Crippen LogP contribution in [0.2, 0.25) is 5.02 Å². The number of anilines is 1. The van der Waals surface area contributed by atoms with Crippen LogP contribution >= 0.6 is 11.6 Å². The SMILES string of the molecule is Cc1ccc(F)c(Oc2nc(NN)ncc2Cl)c1. The second-order valence-electron chi connectivity index (χ2n) is 3.53. The van der Waals surface area contributed by atoms with Crippen LogP contribution in [0.3, 0.4) is 0 Å². The van der Waals surface area contributed by atoms with Gasteiger partial charge in [-0.15, -0.1) is 0 Å². The van der Waals surface area contributed by atoms with Crippen molar-refractivity contribution in [3.63, 3.8) is 0 Å². The zero-order chi connectivity index (χ0) is 13.1. The van der Waals surface area contributed by atoms with Gasteiger partial charge in [-0.1, -0.05) is 17.7 Å². The molecule has 0 radical (unpaired) electrons. The molecule has 0 aliphatic carbocycles. The van der Waals surface area contributed by atoms with Gasteiger partial charge < -0.3 is 4.74 Å². The Bertz CT molecular complexity index is 579. The second-order valence-corrected chi connectivity index (χ2v) is 3.93. The molecule has 0 spiro atoms. The number of rotatable bonds is 3. The van der Waals surface area contributed by atoms with Crippen LogP contribution in [0.4, 0.5) is 10.3 Å². The summed E-state index contributed by atoms with van der Waals surface area (Å²) >= 11 is 5.85. The van der Waals surface area contributed by atoms with Crippen LogP contribution in [0, 0.1) is 12.7 Å². The number of hydrogen-bond acceptors (Lipinski definition) is 5. The maximum Gasteiger partial charge on any atom is 0.243 e. The molecule has 5 nitrogen and oxygen atoms in total. The molecule has 0 saturated carbocycles. The van der Waals surface area contributed by atoms with Crippen molar-refractivity contribution < 1.29 is 9.13 Å². The molecule has 0 aliphatic rings. The topological polar surface area (TPSA) is 73.1 Å². The molecule has 0 saturated heterocycles. The van der Waals surface area contributed by atoms with E-state index >= 15 is 0 Å². The lowest BCUT2D eigenvalue weighted by Gasteiger charge is -2.08. The smallest absolute Gasteiger partial charge is 0.243 e. The fraction of sp³-hybridized carbons (Fsp3) is 0.0909. The van der Waals surface area contributed by atoms with Gasteiger partial charge in [0.25, 0.3) is 0 Å². The van der Waals surface area contributed by atoms with Crippen molar-refractivity contribution in [3.05, 3.63) is 40.8 Å².